The Morgan fingerprint density at radius 3 is 2.58 bits per heavy atom. The maximum Gasteiger partial charge on any atom is 0.237 e. The molecule has 0 aliphatic heterocycles. The van der Waals surface area contributed by atoms with Crippen molar-refractivity contribution in [3.05, 3.63) is 53.6 Å². The minimum atomic E-state index is -3.51. The molecule has 1 aromatic carbocycles. The summed E-state index contributed by atoms with van der Waals surface area (Å²) < 4.78 is 32.4. The molecular formula is C25H30N6O4S. The highest BCUT2D eigenvalue weighted by Crippen LogP contribution is 2.32. The fraction of sp³-hybridized carbons (Fsp3) is 0.400. The number of rotatable bonds is 9. The summed E-state index contributed by atoms with van der Waals surface area (Å²) in [5.74, 6) is 0.132. The van der Waals surface area contributed by atoms with Crippen molar-refractivity contribution in [2.24, 2.45) is 0 Å². The van der Waals surface area contributed by atoms with E-state index in [0.717, 1.165) is 16.7 Å². The highest BCUT2D eigenvalue weighted by Gasteiger charge is 2.37. The van der Waals surface area contributed by atoms with Crippen LogP contribution in [0.3, 0.4) is 0 Å². The highest BCUT2D eigenvalue weighted by molar-refractivity contribution is 7.93. The molecular weight excluding hydrogens is 480 g/mol. The van der Waals surface area contributed by atoms with Gasteiger partial charge in [-0.15, -0.1) is 0 Å². The van der Waals surface area contributed by atoms with E-state index in [-0.39, 0.29) is 11.9 Å². The van der Waals surface area contributed by atoms with Crippen molar-refractivity contribution in [3.8, 4) is 17.1 Å². The third kappa shape index (κ3) is 5.46. The molecule has 190 valence electrons. The Labute approximate surface area is 211 Å². The fourth-order valence-corrected chi connectivity index (χ4v) is 4.94. The van der Waals surface area contributed by atoms with Gasteiger partial charge in [0.2, 0.25) is 27.8 Å². The van der Waals surface area contributed by atoms with E-state index in [1.807, 2.05) is 32.9 Å². The Morgan fingerprint density at radius 2 is 1.89 bits per heavy atom. The Bertz CT molecular complexity index is 1400. The van der Waals surface area contributed by atoms with Crippen LogP contribution in [-0.4, -0.2) is 46.1 Å². The molecule has 10 nitrogen and oxygen atoms in total. The van der Waals surface area contributed by atoms with Crippen molar-refractivity contribution in [1.82, 2.24) is 19.9 Å². The summed E-state index contributed by atoms with van der Waals surface area (Å²) in [5, 5.41) is 2.60. The molecule has 1 saturated carbocycles. The van der Waals surface area contributed by atoms with Crippen molar-refractivity contribution >= 4 is 27.6 Å². The van der Waals surface area contributed by atoms with Gasteiger partial charge in [-0.1, -0.05) is 0 Å². The second kappa shape index (κ2) is 9.81. The van der Waals surface area contributed by atoms with Crippen molar-refractivity contribution < 1.29 is 17.9 Å². The summed E-state index contributed by atoms with van der Waals surface area (Å²) >= 11 is 0. The average Bonchev–Trinajstić information content (AvgIpc) is 3.68. The van der Waals surface area contributed by atoms with E-state index in [0.29, 0.717) is 42.4 Å². The van der Waals surface area contributed by atoms with Crippen LogP contribution in [0.25, 0.3) is 11.3 Å². The zero-order valence-electron chi connectivity index (χ0n) is 21.0. The minimum absolute atomic E-state index is 0.0351. The number of amides is 1. The summed E-state index contributed by atoms with van der Waals surface area (Å²) in [6, 6.07) is 5.45. The van der Waals surface area contributed by atoms with E-state index in [1.165, 1.54) is 6.20 Å². The average molecular weight is 511 g/mol. The van der Waals surface area contributed by atoms with E-state index >= 15 is 0 Å². The first-order valence-corrected chi connectivity index (χ1v) is 13.3. The maximum absolute atomic E-state index is 13.3. The quantitative estimate of drug-likeness (QED) is 0.444. The van der Waals surface area contributed by atoms with Gasteiger partial charge in [-0.05, 0) is 76.8 Å². The lowest BCUT2D eigenvalue weighted by Gasteiger charge is -2.24. The van der Waals surface area contributed by atoms with Crippen LogP contribution < -0.4 is 14.8 Å². The summed E-state index contributed by atoms with van der Waals surface area (Å²) in [4.78, 5) is 30.4. The van der Waals surface area contributed by atoms with E-state index < -0.39 is 20.7 Å². The fourth-order valence-electron chi connectivity index (χ4n) is 3.66. The second-order valence-electron chi connectivity index (χ2n) is 9.35. The van der Waals surface area contributed by atoms with Crippen LogP contribution in [-0.2, 0) is 20.2 Å². The second-order valence-corrected chi connectivity index (χ2v) is 11.3. The molecule has 3 aromatic rings. The Balaban J connectivity index is 1.55. The van der Waals surface area contributed by atoms with Crippen molar-refractivity contribution in [2.75, 3.05) is 16.6 Å². The van der Waals surface area contributed by atoms with Crippen LogP contribution in [0, 0.1) is 13.8 Å². The Morgan fingerprint density at radius 1 is 1.14 bits per heavy atom. The summed E-state index contributed by atoms with van der Waals surface area (Å²) in [6.45, 7) is 9.69. The van der Waals surface area contributed by atoms with Crippen molar-refractivity contribution in [3.63, 3.8) is 0 Å². The molecule has 0 saturated heterocycles. The third-order valence-corrected chi connectivity index (χ3v) is 7.88. The van der Waals surface area contributed by atoms with Crippen LogP contribution in [0.5, 0.6) is 5.88 Å². The monoisotopic (exact) mass is 510 g/mol. The Hall–Kier alpha value is -3.60. The SMILES string of the molecule is CCOc1cncc(-c2cc(C)c(NC(=O)C(C)(C)c3ccnc(NS(=O)(=O)C4CC4)n3)cc2C)n1. The smallest absolute Gasteiger partial charge is 0.237 e. The lowest BCUT2D eigenvalue weighted by Crippen LogP contribution is -2.36. The Kier molecular flexibility index (Phi) is 6.94. The van der Waals surface area contributed by atoms with Crippen LogP contribution in [0.4, 0.5) is 11.6 Å². The number of nitrogens with one attached hydrogen (secondary N) is 2. The molecule has 2 heterocycles. The zero-order valence-corrected chi connectivity index (χ0v) is 21.8. The number of aromatic nitrogens is 4. The molecule has 4 rings (SSSR count). The number of hydrogen-bond donors (Lipinski definition) is 2. The van der Waals surface area contributed by atoms with E-state index in [1.54, 1.807) is 32.3 Å². The number of anilines is 2. The van der Waals surface area contributed by atoms with Gasteiger partial charge in [0.15, 0.2) is 0 Å². The molecule has 0 radical (unpaired) electrons. The molecule has 0 unspecified atom stereocenters. The predicted octanol–water partition coefficient (Wildman–Crippen LogP) is 3.77. The molecule has 0 spiro atoms. The normalized spacial score (nSPS) is 13.8. The van der Waals surface area contributed by atoms with Crippen LogP contribution in [0.1, 0.15) is 50.4 Å². The van der Waals surface area contributed by atoms with Crippen LogP contribution in [0.2, 0.25) is 0 Å². The van der Waals surface area contributed by atoms with E-state index in [4.69, 9.17) is 4.74 Å². The number of aryl methyl sites for hydroxylation is 2. The molecule has 1 aliphatic carbocycles. The number of sulfonamides is 1. The molecule has 36 heavy (non-hydrogen) atoms. The van der Waals surface area contributed by atoms with Crippen molar-refractivity contribution in [1.29, 1.82) is 0 Å². The molecule has 0 atom stereocenters. The molecule has 2 N–H and O–H groups in total. The van der Waals surface area contributed by atoms with Gasteiger partial charge in [0.1, 0.15) is 0 Å². The summed E-state index contributed by atoms with van der Waals surface area (Å²) in [7, 11) is -3.51. The number of nitrogens with zero attached hydrogens (tertiary/aromatic N) is 4. The van der Waals surface area contributed by atoms with Gasteiger partial charge in [0, 0.05) is 17.4 Å². The molecule has 11 heteroatoms. The lowest BCUT2D eigenvalue weighted by atomic mass is 9.87. The van der Waals surface area contributed by atoms with Crippen LogP contribution >= 0.6 is 0 Å². The zero-order chi connectivity index (χ0) is 26.1. The number of carbonyl (C=O) groups excluding carboxylic acids is 1. The van der Waals surface area contributed by atoms with Gasteiger partial charge in [-0.2, -0.15) is 0 Å². The standard InChI is InChI=1S/C25H30N6O4S/c1-6-35-22-14-26-13-20(28-22)18-11-16(3)19(12-15(18)2)29-23(32)25(4,5)21-9-10-27-24(30-21)31-36(33,34)17-7-8-17/h9-14,17H,6-8H2,1-5H3,(H,29,32)(H,27,30,31). The van der Waals surface area contributed by atoms with E-state index in [2.05, 4.69) is 30.0 Å². The van der Waals surface area contributed by atoms with Gasteiger partial charge < -0.3 is 10.1 Å². The lowest BCUT2D eigenvalue weighted by molar-refractivity contribution is -0.120. The van der Waals surface area contributed by atoms with E-state index in [9.17, 15) is 13.2 Å². The van der Waals surface area contributed by atoms with Crippen LogP contribution in [0.15, 0.2) is 36.8 Å². The van der Waals surface area contributed by atoms with Gasteiger partial charge in [0.05, 0.1) is 41.1 Å². The highest BCUT2D eigenvalue weighted by atomic mass is 32.2. The van der Waals surface area contributed by atoms with Gasteiger partial charge in [-0.25, -0.2) is 23.4 Å². The van der Waals surface area contributed by atoms with Gasteiger partial charge in [0.25, 0.3) is 0 Å². The largest absolute Gasteiger partial charge is 0.477 e. The van der Waals surface area contributed by atoms with Gasteiger partial charge in [-0.3, -0.25) is 14.5 Å². The summed E-state index contributed by atoms with van der Waals surface area (Å²) in [6.07, 6.45) is 5.96. The van der Waals surface area contributed by atoms with Crippen molar-refractivity contribution in [2.45, 2.75) is 58.1 Å². The third-order valence-electron chi connectivity index (χ3n) is 6.06. The number of carbonyl (C=O) groups is 1. The number of benzene rings is 1. The maximum atomic E-state index is 13.3. The number of ether oxygens (including phenoxy) is 1. The first kappa shape index (κ1) is 25.5. The van der Waals surface area contributed by atoms with Gasteiger partial charge >= 0.3 is 0 Å². The first-order valence-electron chi connectivity index (χ1n) is 11.7. The number of hydrogen-bond acceptors (Lipinski definition) is 8. The predicted molar refractivity (Wildman–Crippen MR) is 137 cm³/mol. The summed E-state index contributed by atoms with van der Waals surface area (Å²) in [5.41, 5.74) is 3.34. The topological polar surface area (TPSA) is 136 Å². The first-order chi connectivity index (χ1) is 17.0. The molecule has 0 bridgehead atoms. The molecule has 1 amide bonds. The molecule has 2 aromatic heterocycles. The minimum Gasteiger partial charge on any atom is -0.477 e. The molecule has 1 aliphatic rings. The molecule has 1 fully saturated rings.